The third-order valence-corrected chi connectivity index (χ3v) is 11.6. The Morgan fingerprint density at radius 3 is 1.29 bits per heavy atom. The molecule has 0 saturated heterocycles. The molecule has 0 saturated carbocycles. The van der Waals surface area contributed by atoms with E-state index in [2.05, 4.69) is 153 Å². The van der Waals surface area contributed by atoms with Crippen LogP contribution in [-0.4, -0.2) is 10.2 Å². The Hall–Kier alpha value is -6.64. The summed E-state index contributed by atoms with van der Waals surface area (Å²) in [6, 6.07) is 63.7. The van der Waals surface area contributed by atoms with Crippen LogP contribution in [0.5, 0.6) is 11.5 Å². The largest absolute Gasteiger partial charge is 0.508 e. The van der Waals surface area contributed by atoms with Crippen molar-refractivity contribution in [2.75, 3.05) is 0 Å². The van der Waals surface area contributed by atoms with Gasteiger partial charge in [0.2, 0.25) is 0 Å². The molecule has 2 aliphatic rings. The SMILES string of the molecule is C.CC.CC.CC1c2ccccc2-c2cc3ccccc3cc21.Oc1ccc2cc(C3(c4ccc5cc(O)ccc5c4)c4ccccc4-c4ccccc43)ccc2c1. The van der Waals surface area contributed by atoms with Crippen molar-refractivity contribution in [2.45, 2.75) is 53.4 Å². The molecule has 2 heteroatoms. The second-order valence-electron chi connectivity index (χ2n) is 14.4. The van der Waals surface area contributed by atoms with Gasteiger partial charge in [0.25, 0.3) is 0 Å². The van der Waals surface area contributed by atoms with Crippen LogP contribution in [0, 0.1) is 0 Å². The van der Waals surface area contributed by atoms with Gasteiger partial charge in [0.15, 0.2) is 0 Å². The van der Waals surface area contributed by atoms with Gasteiger partial charge in [0.05, 0.1) is 5.41 Å². The summed E-state index contributed by atoms with van der Waals surface area (Å²) in [6.45, 7) is 10.3. The van der Waals surface area contributed by atoms with E-state index in [-0.39, 0.29) is 18.9 Å². The third kappa shape index (κ3) is 6.49. The molecular formula is C56H52O2. The smallest absolute Gasteiger partial charge is 0.116 e. The molecule has 1 atom stereocenters. The van der Waals surface area contributed by atoms with E-state index < -0.39 is 5.41 Å². The zero-order valence-electron chi connectivity index (χ0n) is 33.3. The molecule has 288 valence electrons. The second kappa shape index (κ2) is 16.5. The highest BCUT2D eigenvalue weighted by atomic mass is 16.3. The highest BCUT2D eigenvalue weighted by Crippen LogP contribution is 2.56. The summed E-state index contributed by atoms with van der Waals surface area (Å²) >= 11 is 0. The molecule has 2 N–H and O–H groups in total. The lowest BCUT2D eigenvalue weighted by atomic mass is 9.67. The monoisotopic (exact) mass is 756 g/mol. The molecule has 0 bridgehead atoms. The van der Waals surface area contributed by atoms with E-state index in [1.165, 1.54) is 66.4 Å². The normalized spacial score (nSPS) is 13.6. The summed E-state index contributed by atoms with van der Waals surface area (Å²) in [7, 11) is 0. The van der Waals surface area contributed by atoms with Crippen molar-refractivity contribution in [3.63, 3.8) is 0 Å². The Balaban J connectivity index is 0.000000187. The number of benzene rings is 9. The van der Waals surface area contributed by atoms with Gasteiger partial charge >= 0.3 is 0 Å². The minimum atomic E-state index is -0.495. The Morgan fingerprint density at radius 1 is 0.362 bits per heavy atom. The number of phenolic OH excluding ortho intramolecular Hbond substituents is 2. The molecule has 0 spiro atoms. The molecule has 11 rings (SSSR count). The molecule has 9 aromatic carbocycles. The van der Waals surface area contributed by atoms with Gasteiger partial charge in [-0.2, -0.15) is 0 Å². The molecule has 0 aliphatic heterocycles. The lowest BCUT2D eigenvalue weighted by molar-refractivity contribution is 0.475. The van der Waals surface area contributed by atoms with Gasteiger partial charge in [-0.05, 0) is 136 Å². The van der Waals surface area contributed by atoms with Gasteiger partial charge in [-0.1, -0.05) is 176 Å². The van der Waals surface area contributed by atoms with E-state index in [4.69, 9.17) is 0 Å². The van der Waals surface area contributed by atoms with Crippen LogP contribution in [0.1, 0.15) is 81.3 Å². The first-order valence-corrected chi connectivity index (χ1v) is 20.3. The summed E-state index contributed by atoms with van der Waals surface area (Å²) in [5.41, 5.74) is 12.7. The molecule has 9 aromatic rings. The van der Waals surface area contributed by atoms with Crippen molar-refractivity contribution < 1.29 is 10.2 Å². The first kappa shape index (κ1) is 39.6. The molecule has 2 nitrogen and oxygen atoms in total. The maximum Gasteiger partial charge on any atom is 0.116 e. The molecule has 58 heavy (non-hydrogen) atoms. The van der Waals surface area contributed by atoms with Crippen LogP contribution in [0.2, 0.25) is 0 Å². The second-order valence-corrected chi connectivity index (χ2v) is 14.4. The van der Waals surface area contributed by atoms with Crippen molar-refractivity contribution in [2.24, 2.45) is 0 Å². The number of phenols is 2. The van der Waals surface area contributed by atoms with Gasteiger partial charge in [-0.25, -0.2) is 0 Å². The number of fused-ring (bicyclic) bond motifs is 9. The van der Waals surface area contributed by atoms with Crippen molar-refractivity contribution >= 4 is 32.3 Å². The van der Waals surface area contributed by atoms with Crippen molar-refractivity contribution in [1.29, 1.82) is 0 Å². The molecule has 0 heterocycles. The lowest BCUT2D eigenvalue weighted by Crippen LogP contribution is -2.28. The summed E-state index contributed by atoms with van der Waals surface area (Å²) in [5, 5.41) is 26.9. The third-order valence-electron chi connectivity index (χ3n) is 11.6. The van der Waals surface area contributed by atoms with E-state index >= 15 is 0 Å². The highest BCUT2D eigenvalue weighted by Gasteiger charge is 2.46. The lowest BCUT2D eigenvalue weighted by Gasteiger charge is -2.34. The van der Waals surface area contributed by atoms with Gasteiger partial charge in [0, 0.05) is 5.92 Å². The number of rotatable bonds is 2. The van der Waals surface area contributed by atoms with E-state index in [0.717, 1.165) is 21.5 Å². The minimum Gasteiger partial charge on any atom is -0.508 e. The average Bonchev–Trinajstić information content (AvgIpc) is 3.73. The predicted octanol–water partition coefficient (Wildman–Crippen LogP) is 15.4. The van der Waals surface area contributed by atoms with Crippen LogP contribution < -0.4 is 0 Å². The van der Waals surface area contributed by atoms with Crippen LogP contribution in [0.15, 0.2) is 182 Å². The fraction of sp³-hybridized carbons (Fsp3) is 0.143. The maximum absolute atomic E-state index is 10.0. The van der Waals surface area contributed by atoms with Crippen molar-refractivity contribution in [3.05, 3.63) is 215 Å². The standard InChI is InChI=1S/C33H22O2.C18H14.2C2H6.CH4/c34-27-15-11-21-17-25(13-9-23(21)19-27)33(26-14-10-24-20-28(35)16-12-22(24)18-26)31-7-3-1-5-29(31)30-6-2-4-8-32(30)33;1-12-15-8-4-5-9-16(15)18-11-14-7-3-2-6-13(14)10-17(12)18;2*1-2;/h1-20,34-35H;2-12H,1H3;2*1-2H3;1H4. The summed E-state index contributed by atoms with van der Waals surface area (Å²) in [5.74, 6) is 1.06. The van der Waals surface area contributed by atoms with E-state index in [1.54, 1.807) is 12.1 Å². The van der Waals surface area contributed by atoms with Crippen LogP contribution >= 0.6 is 0 Å². The zero-order valence-corrected chi connectivity index (χ0v) is 33.3. The Labute approximate surface area is 343 Å². The van der Waals surface area contributed by atoms with E-state index in [9.17, 15) is 10.2 Å². The quantitative estimate of drug-likeness (QED) is 0.184. The number of hydrogen-bond donors (Lipinski definition) is 2. The molecule has 0 aromatic heterocycles. The molecule has 1 unspecified atom stereocenters. The van der Waals surface area contributed by atoms with Gasteiger partial charge in [0.1, 0.15) is 11.5 Å². The van der Waals surface area contributed by atoms with Gasteiger partial charge in [-0.15, -0.1) is 0 Å². The zero-order chi connectivity index (χ0) is 39.7. The van der Waals surface area contributed by atoms with Crippen molar-refractivity contribution in [3.8, 4) is 33.8 Å². The number of hydrogen-bond acceptors (Lipinski definition) is 2. The molecule has 2 aliphatic carbocycles. The Kier molecular flexibility index (Phi) is 11.2. The minimum absolute atomic E-state index is 0. The van der Waals surface area contributed by atoms with Crippen LogP contribution in [0.4, 0.5) is 0 Å². The van der Waals surface area contributed by atoms with E-state index in [1.807, 2.05) is 52.0 Å². The van der Waals surface area contributed by atoms with Crippen LogP contribution in [0.3, 0.4) is 0 Å². The van der Waals surface area contributed by atoms with E-state index in [0.29, 0.717) is 5.92 Å². The predicted molar refractivity (Wildman–Crippen MR) is 248 cm³/mol. The van der Waals surface area contributed by atoms with Gasteiger partial charge < -0.3 is 10.2 Å². The topological polar surface area (TPSA) is 40.5 Å². The van der Waals surface area contributed by atoms with Gasteiger partial charge in [-0.3, -0.25) is 0 Å². The Bertz CT molecular complexity index is 2770. The highest BCUT2D eigenvalue weighted by molar-refractivity contribution is 5.94. The molecule has 0 radical (unpaired) electrons. The van der Waals surface area contributed by atoms with Crippen molar-refractivity contribution in [1.82, 2.24) is 0 Å². The summed E-state index contributed by atoms with van der Waals surface area (Å²) in [6.07, 6.45) is 0. The summed E-state index contributed by atoms with van der Waals surface area (Å²) in [4.78, 5) is 0. The molecule has 0 fully saturated rings. The Morgan fingerprint density at radius 2 is 0.759 bits per heavy atom. The fourth-order valence-corrected chi connectivity index (χ4v) is 9.09. The molecule has 0 amide bonds. The van der Waals surface area contributed by atoms with Crippen LogP contribution in [0.25, 0.3) is 54.6 Å². The van der Waals surface area contributed by atoms with Crippen LogP contribution in [-0.2, 0) is 5.41 Å². The average molecular weight is 757 g/mol. The first-order chi connectivity index (χ1) is 28.0. The maximum atomic E-state index is 10.0. The molecular weight excluding hydrogens is 705 g/mol. The summed E-state index contributed by atoms with van der Waals surface area (Å²) < 4.78 is 0. The first-order valence-electron chi connectivity index (χ1n) is 20.3. The number of aromatic hydroxyl groups is 2. The fourth-order valence-electron chi connectivity index (χ4n) is 9.09.